The number of thioether (sulfide) groups is 1. The summed E-state index contributed by atoms with van der Waals surface area (Å²) in [5.41, 5.74) is 6.26. The van der Waals surface area contributed by atoms with Crippen molar-refractivity contribution in [1.29, 1.82) is 0 Å². The quantitative estimate of drug-likeness (QED) is 0.722. The molecule has 84 valence electrons. The number of hydrogen-bond donors (Lipinski definition) is 2. The zero-order valence-corrected chi connectivity index (χ0v) is 9.67. The molecule has 0 aliphatic heterocycles. The molecule has 0 amide bonds. The van der Waals surface area contributed by atoms with E-state index in [1.54, 1.807) is 18.9 Å². The Balaban J connectivity index is 2.52. The van der Waals surface area contributed by atoms with Crippen LogP contribution in [0, 0.1) is 0 Å². The monoisotopic (exact) mass is 227 g/mol. The average molecular weight is 227 g/mol. The number of benzene rings is 1. The van der Waals surface area contributed by atoms with Crippen molar-refractivity contribution in [3.8, 4) is 5.75 Å². The summed E-state index contributed by atoms with van der Waals surface area (Å²) in [7, 11) is 1.62. The smallest absolute Gasteiger partial charge is 0.119 e. The predicted octanol–water partition coefficient (Wildman–Crippen LogP) is 1.42. The molecule has 0 spiro atoms. The molecule has 0 fully saturated rings. The van der Waals surface area contributed by atoms with Crippen LogP contribution in [0.2, 0.25) is 0 Å². The van der Waals surface area contributed by atoms with Gasteiger partial charge in [-0.1, -0.05) is 12.1 Å². The normalized spacial score (nSPS) is 12.5. The first kappa shape index (κ1) is 12.4. The van der Waals surface area contributed by atoms with Crippen molar-refractivity contribution in [2.45, 2.75) is 6.10 Å². The molecule has 1 aromatic carbocycles. The van der Waals surface area contributed by atoms with E-state index in [9.17, 15) is 5.11 Å². The highest BCUT2D eigenvalue weighted by molar-refractivity contribution is 7.99. The van der Waals surface area contributed by atoms with E-state index >= 15 is 0 Å². The van der Waals surface area contributed by atoms with Gasteiger partial charge in [-0.25, -0.2) is 0 Å². The van der Waals surface area contributed by atoms with Gasteiger partial charge in [0.1, 0.15) is 5.75 Å². The first-order valence-electron chi connectivity index (χ1n) is 4.87. The molecule has 3 N–H and O–H groups in total. The van der Waals surface area contributed by atoms with Crippen molar-refractivity contribution in [3.63, 3.8) is 0 Å². The Labute approximate surface area is 94.6 Å². The van der Waals surface area contributed by atoms with Crippen LogP contribution in [-0.2, 0) is 0 Å². The lowest BCUT2D eigenvalue weighted by Gasteiger charge is -2.11. The molecular formula is C11H17NO2S. The van der Waals surface area contributed by atoms with E-state index in [1.165, 1.54) is 0 Å². The van der Waals surface area contributed by atoms with E-state index in [4.69, 9.17) is 10.5 Å². The molecule has 0 aliphatic carbocycles. The number of ether oxygens (including phenoxy) is 1. The van der Waals surface area contributed by atoms with Crippen molar-refractivity contribution in [2.75, 3.05) is 25.2 Å². The third-order valence-corrected chi connectivity index (χ3v) is 3.09. The number of rotatable bonds is 6. The Bertz CT molecular complexity index is 294. The first-order chi connectivity index (χ1) is 7.27. The maximum absolute atomic E-state index is 9.85. The highest BCUT2D eigenvalue weighted by Gasteiger charge is 2.07. The van der Waals surface area contributed by atoms with Crippen LogP contribution in [0.3, 0.4) is 0 Å². The second-order valence-electron chi connectivity index (χ2n) is 3.16. The fourth-order valence-corrected chi connectivity index (χ4v) is 1.97. The van der Waals surface area contributed by atoms with Crippen LogP contribution in [0.4, 0.5) is 0 Å². The fraction of sp³-hybridized carbons (Fsp3) is 0.455. The molecular weight excluding hydrogens is 210 g/mol. The van der Waals surface area contributed by atoms with Crippen LogP contribution in [0.1, 0.15) is 11.7 Å². The number of aliphatic hydroxyl groups excluding tert-OH is 1. The minimum atomic E-state index is -0.448. The summed E-state index contributed by atoms with van der Waals surface area (Å²) in [6.07, 6.45) is -0.448. The van der Waals surface area contributed by atoms with E-state index in [-0.39, 0.29) is 0 Å². The van der Waals surface area contributed by atoms with Gasteiger partial charge in [-0.2, -0.15) is 11.8 Å². The molecule has 15 heavy (non-hydrogen) atoms. The van der Waals surface area contributed by atoms with Crippen LogP contribution in [-0.4, -0.2) is 30.3 Å². The summed E-state index contributed by atoms with van der Waals surface area (Å²) in [6.45, 7) is 0.648. The van der Waals surface area contributed by atoms with Gasteiger partial charge in [-0.3, -0.25) is 0 Å². The summed E-state index contributed by atoms with van der Waals surface area (Å²) in [4.78, 5) is 0. The van der Waals surface area contributed by atoms with Crippen LogP contribution in [0.15, 0.2) is 24.3 Å². The van der Waals surface area contributed by atoms with Gasteiger partial charge in [0.05, 0.1) is 13.2 Å². The van der Waals surface area contributed by atoms with Gasteiger partial charge in [0.15, 0.2) is 0 Å². The Morgan fingerprint density at radius 3 is 3.00 bits per heavy atom. The van der Waals surface area contributed by atoms with Gasteiger partial charge in [-0.05, 0) is 17.7 Å². The SMILES string of the molecule is COc1cccc(C(O)CSCCN)c1. The standard InChI is InChI=1S/C11H17NO2S/c1-14-10-4-2-3-9(7-10)11(13)8-15-6-5-12/h2-4,7,11,13H,5-6,8,12H2,1H3. The molecule has 0 aromatic heterocycles. The molecule has 0 aliphatic rings. The maximum Gasteiger partial charge on any atom is 0.119 e. The second-order valence-corrected chi connectivity index (χ2v) is 4.31. The topological polar surface area (TPSA) is 55.5 Å². The zero-order valence-electron chi connectivity index (χ0n) is 8.85. The van der Waals surface area contributed by atoms with Crippen molar-refractivity contribution < 1.29 is 9.84 Å². The molecule has 4 heteroatoms. The predicted molar refractivity (Wildman–Crippen MR) is 64.3 cm³/mol. The Hall–Kier alpha value is -0.710. The lowest BCUT2D eigenvalue weighted by Crippen LogP contribution is -2.06. The van der Waals surface area contributed by atoms with E-state index in [0.717, 1.165) is 17.1 Å². The molecule has 0 heterocycles. The molecule has 1 aromatic rings. The molecule has 1 atom stereocenters. The lowest BCUT2D eigenvalue weighted by molar-refractivity contribution is 0.203. The number of nitrogens with two attached hydrogens (primary N) is 1. The summed E-state index contributed by atoms with van der Waals surface area (Å²) in [6, 6.07) is 7.50. The summed E-state index contributed by atoms with van der Waals surface area (Å²) in [5, 5.41) is 9.85. The van der Waals surface area contributed by atoms with E-state index in [0.29, 0.717) is 12.3 Å². The number of methoxy groups -OCH3 is 1. The van der Waals surface area contributed by atoms with Gasteiger partial charge in [0.2, 0.25) is 0 Å². The molecule has 1 rings (SSSR count). The van der Waals surface area contributed by atoms with Gasteiger partial charge >= 0.3 is 0 Å². The van der Waals surface area contributed by atoms with Crippen molar-refractivity contribution in [3.05, 3.63) is 29.8 Å². The van der Waals surface area contributed by atoms with Crippen molar-refractivity contribution in [1.82, 2.24) is 0 Å². The highest BCUT2D eigenvalue weighted by Crippen LogP contribution is 2.21. The van der Waals surface area contributed by atoms with Crippen molar-refractivity contribution in [2.24, 2.45) is 5.73 Å². The Kier molecular flexibility index (Phi) is 5.53. The highest BCUT2D eigenvalue weighted by atomic mass is 32.2. The van der Waals surface area contributed by atoms with E-state index in [2.05, 4.69) is 0 Å². The molecule has 0 saturated heterocycles. The average Bonchev–Trinajstić information content (AvgIpc) is 2.29. The van der Waals surface area contributed by atoms with Crippen molar-refractivity contribution >= 4 is 11.8 Å². The Morgan fingerprint density at radius 2 is 2.33 bits per heavy atom. The Morgan fingerprint density at radius 1 is 1.53 bits per heavy atom. The van der Waals surface area contributed by atoms with Crippen LogP contribution in [0.5, 0.6) is 5.75 Å². The second kappa shape index (κ2) is 6.71. The minimum absolute atomic E-state index is 0.448. The molecule has 0 bridgehead atoms. The third-order valence-electron chi connectivity index (χ3n) is 2.02. The van der Waals surface area contributed by atoms with Crippen LogP contribution < -0.4 is 10.5 Å². The van der Waals surface area contributed by atoms with E-state index in [1.807, 2.05) is 24.3 Å². The first-order valence-corrected chi connectivity index (χ1v) is 6.03. The van der Waals surface area contributed by atoms with Gasteiger partial charge < -0.3 is 15.6 Å². The summed E-state index contributed by atoms with van der Waals surface area (Å²) < 4.78 is 5.09. The fourth-order valence-electron chi connectivity index (χ4n) is 1.22. The molecule has 3 nitrogen and oxygen atoms in total. The zero-order chi connectivity index (χ0) is 11.1. The number of hydrogen-bond acceptors (Lipinski definition) is 4. The summed E-state index contributed by atoms with van der Waals surface area (Å²) >= 11 is 1.65. The summed E-state index contributed by atoms with van der Waals surface area (Å²) in [5.74, 6) is 2.32. The van der Waals surface area contributed by atoms with Gasteiger partial charge in [0, 0.05) is 18.1 Å². The van der Waals surface area contributed by atoms with Gasteiger partial charge in [0.25, 0.3) is 0 Å². The maximum atomic E-state index is 9.85. The lowest BCUT2D eigenvalue weighted by atomic mass is 10.1. The third kappa shape index (κ3) is 4.11. The van der Waals surface area contributed by atoms with Gasteiger partial charge in [-0.15, -0.1) is 0 Å². The van der Waals surface area contributed by atoms with E-state index < -0.39 is 6.10 Å². The van der Waals surface area contributed by atoms with Crippen LogP contribution >= 0.6 is 11.8 Å². The molecule has 1 unspecified atom stereocenters. The van der Waals surface area contributed by atoms with Crippen LogP contribution in [0.25, 0.3) is 0 Å². The largest absolute Gasteiger partial charge is 0.497 e. The molecule has 0 radical (unpaired) electrons. The minimum Gasteiger partial charge on any atom is -0.497 e. The number of aliphatic hydroxyl groups is 1. The molecule has 0 saturated carbocycles.